The quantitative estimate of drug-likeness (QED) is 0.341. The minimum atomic E-state index is -0.980. The molecule has 2 heterocycles. The highest BCUT2D eigenvalue weighted by atomic mass is 16.5. The van der Waals surface area contributed by atoms with Gasteiger partial charge in [0.1, 0.15) is 11.9 Å². The summed E-state index contributed by atoms with van der Waals surface area (Å²) in [7, 11) is 0. The molecule has 7 atom stereocenters. The predicted molar refractivity (Wildman–Crippen MR) is 164 cm³/mol. The van der Waals surface area contributed by atoms with Crippen molar-refractivity contribution in [3.63, 3.8) is 0 Å². The lowest BCUT2D eigenvalue weighted by Crippen LogP contribution is -2.31. The molecule has 232 valence electrons. The Morgan fingerprint density at radius 3 is 2.15 bits per heavy atom. The van der Waals surface area contributed by atoms with Crippen molar-refractivity contribution in [2.75, 3.05) is 6.61 Å². The predicted octanol–water partition coefficient (Wildman–Crippen LogP) is 8.55. The zero-order valence-corrected chi connectivity index (χ0v) is 26.5. The molecular weight excluding hydrogens is 500 g/mol. The molecule has 1 N–H and O–H groups in total. The molecule has 0 spiro atoms. The number of hydrogen-bond acceptors (Lipinski definition) is 5. The number of aliphatic hydroxyl groups is 1. The first-order valence-corrected chi connectivity index (χ1v) is 16.9. The van der Waals surface area contributed by atoms with Gasteiger partial charge in [-0.25, -0.2) is 0 Å². The third kappa shape index (κ3) is 13.7. The molecule has 2 aliphatic rings. The highest BCUT2D eigenvalue weighted by Gasteiger charge is 2.35. The molecule has 2 fully saturated rings. The van der Waals surface area contributed by atoms with E-state index in [2.05, 4.69) is 27.4 Å². The topological polar surface area (TPSA) is 72.8 Å². The van der Waals surface area contributed by atoms with Crippen LogP contribution in [0.4, 0.5) is 0 Å². The number of Topliss-reactive ketones (excluding diaryl/α,β-unsaturated/α-hetero) is 2. The molecule has 2 aliphatic heterocycles. The smallest absolute Gasteiger partial charge is 0.164 e. The van der Waals surface area contributed by atoms with Crippen molar-refractivity contribution in [1.82, 2.24) is 0 Å². The van der Waals surface area contributed by atoms with Crippen LogP contribution in [-0.4, -0.2) is 47.7 Å². The van der Waals surface area contributed by atoms with Crippen LogP contribution in [0.1, 0.15) is 150 Å². The molecule has 0 amide bonds. The zero-order chi connectivity index (χ0) is 29.3. The summed E-state index contributed by atoms with van der Waals surface area (Å²) < 4.78 is 12.5. The van der Waals surface area contributed by atoms with E-state index < -0.39 is 6.10 Å². The number of ether oxygens (including phenoxy) is 2. The molecule has 5 nitrogen and oxygen atoms in total. The molecule has 0 aliphatic carbocycles. The standard InChI is InChI=1S/C35H62O5/c1-6-17-30-23-26(2)22-29(5)35(38)33(37)25-31-24-28(4)34(40-31)20-15-14-18-27(3)32(36)19-13-11-9-7-8-10-12-16-21-39-30/h27-31,34-35,38H,2,6-25H2,1,3-5H3/t27-,28-,29+,30+,31+,34-,35-/m0/s1. The zero-order valence-electron chi connectivity index (χ0n) is 26.5. The van der Waals surface area contributed by atoms with Crippen molar-refractivity contribution in [2.24, 2.45) is 17.8 Å². The molecule has 0 unspecified atom stereocenters. The molecule has 0 saturated carbocycles. The first-order valence-electron chi connectivity index (χ1n) is 16.9. The monoisotopic (exact) mass is 562 g/mol. The van der Waals surface area contributed by atoms with Crippen LogP contribution in [0.15, 0.2) is 12.2 Å². The van der Waals surface area contributed by atoms with Crippen LogP contribution in [0, 0.1) is 17.8 Å². The molecule has 2 rings (SSSR count). The summed E-state index contributed by atoms with van der Waals surface area (Å²) in [5.41, 5.74) is 1.06. The average Bonchev–Trinajstić information content (AvgIpc) is 3.26. The van der Waals surface area contributed by atoms with Gasteiger partial charge in [-0.15, -0.1) is 0 Å². The van der Waals surface area contributed by atoms with E-state index in [9.17, 15) is 14.7 Å². The molecule has 40 heavy (non-hydrogen) atoms. The van der Waals surface area contributed by atoms with E-state index in [0.717, 1.165) is 82.8 Å². The van der Waals surface area contributed by atoms with Crippen molar-refractivity contribution >= 4 is 11.6 Å². The summed E-state index contributed by atoms with van der Waals surface area (Å²) >= 11 is 0. The maximum Gasteiger partial charge on any atom is 0.164 e. The fourth-order valence-electron chi connectivity index (χ4n) is 6.60. The molecular formula is C35H62O5. The fourth-order valence-corrected chi connectivity index (χ4v) is 6.60. The van der Waals surface area contributed by atoms with Crippen LogP contribution < -0.4 is 0 Å². The van der Waals surface area contributed by atoms with Gasteiger partial charge in [-0.3, -0.25) is 9.59 Å². The lowest BCUT2D eigenvalue weighted by Gasteiger charge is -2.23. The second-order valence-corrected chi connectivity index (χ2v) is 13.3. The second-order valence-electron chi connectivity index (χ2n) is 13.3. The normalized spacial score (nSPS) is 34.7. The van der Waals surface area contributed by atoms with E-state index in [1.54, 1.807) is 0 Å². The minimum absolute atomic E-state index is 0.104. The van der Waals surface area contributed by atoms with E-state index in [1.165, 1.54) is 38.5 Å². The van der Waals surface area contributed by atoms with Crippen LogP contribution >= 0.6 is 0 Å². The summed E-state index contributed by atoms with van der Waals surface area (Å²) in [4.78, 5) is 25.5. The van der Waals surface area contributed by atoms with Crippen LogP contribution in [-0.2, 0) is 19.1 Å². The third-order valence-electron chi connectivity index (χ3n) is 9.27. The fraction of sp³-hybridized carbons (Fsp3) is 0.886. The Hall–Kier alpha value is -1.04. The number of ketones is 2. The lowest BCUT2D eigenvalue weighted by molar-refractivity contribution is -0.132. The van der Waals surface area contributed by atoms with Crippen LogP contribution in [0.3, 0.4) is 0 Å². The maximum absolute atomic E-state index is 12.9. The van der Waals surface area contributed by atoms with E-state index in [1.807, 2.05) is 6.92 Å². The summed E-state index contributed by atoms with van der Waals surface area (Å²) in [5, 5.41) is 10.8. The van der Waals surface area contributed by atoms with E-state index in [0.29, 0.717) is 18.1 Å². The Morgan fingerprint density at radius 2 is 1.45 bits per heavy atom. The Morgan fingerprint density at radius 1 is 0.800 bits per heavy atom. The molecule has 0 radical (unpaired) electrons. The van der Waals surface area contributed by atoms with Crippen LogP contribution in [0.2, 0.25) is 0 Å². The largest absolute Gasteiger partial charge is 0.385 e. The molecule has 5 heteroatoms. The number of carbonyl (C=O) groups is 2. The van der Waals surface area contributed by atoms with Gasteiger partial charge in [0.25, 0.3) is 0 Å². The van der Waals surface area contributed by atoms with Crippen molar-refractivity contribution in [2.45, 2.75) is 174 Å². The molecule has 0 aromatic heterocycles. The lowest BCUT2D eigenvalue weighted by atomic mass is 9.89. The minimum Gasteiger partial charge on any atom is -0.385 e. The molecule has 2 bridgehead atoms. The van der Waals surface area contributed by atoms with Gasteiger partial charge < -0.3 is 14.6 Å². The van der Waals surface area contributed by atoms with Crippen molar-refractivity contribution in [1.29, 1.82) is 0 Å². The third-order valence-corrected chi connectivity index (χ3v) is 9.27. The van der Waals surface area contributed by atoms with Gasteiger partial charge in [-0.05, 0) is 63.2 Å². The van der Waals surface area contributed by atoms with Crippen molar-refractivity contribution in [3.8, 4) is 0 Å². The summed E-state index contributed by atoms with van der Waals surface area (Å²) in [6, 6.07) is 0. The van der Waals surface area contributed by atoms with Crippen LogP contribution in [0.25, 0.3) is 0 Å². The SMILES string of the molecule is C=C1C[C@@H](CCC)OCCCCCCCCCCC(=O)[C@@H](C)CCCC[C@@H]2O[C@@H](CC(=O)[C@@H](O)[C@H](C)C1)C[C@@H]2C. The molecule has 0 aromatic rings. The van der Waals surface area contributed by atoms with Gasteiger partial charge >= 0.3 is 0 Å². The number of fused-ring (bicyclic) bond motifs is 2. The number of rotatable bonds is 2. The van der Waals surface area contributed by atoms with Gasteiger partial charge in [-0.1, -0.05) is 97.6 Å². The van der Waals surface area contributed by atoms with Crippen LogP contribution in [0.5, 0.6) is 0 Å². The Balaban J connectivity index is 1.91. The first kappa shape index (κ1) is 35.2. The summed E-state index contributed by atoms with van der Waals surface area (Å²) in [5.74, 6) is 0.721. The Bertz CT molecular complexity index is 733. The number of hydrogen-bond donors (Lipinski definition) is 1. The van der Waals surface area contributed by atoms with E-state index in [4.69, 9.17) is 9.47 Å². The molecule has 0 aromatic carbocycles. The number of aliphatic hydroxyl groups excluding tert-OH is 1. The van der Waals surface area contributed by atoms with Crippen molar-refractivity contribution < 1.29 is 24.2 Å². The van der Waals surface area contributed by atoms with Gasteiger partial charge in [0.05, 0.1) is 18.3 Å². The van der Waals surface area contributed by atoms with E-state index >= 15 is 0 Å². The second kappa shape index (κ2) is 20.0. The van der Waals surface area contributed by atoms with Gasteiger partial charge in [0.15, 0.2) is 5.78 Å². The first-order chi connectivity index (χ1) is 19.2. The van der Waals surface area contributed by atoms with Gasteiger partial charge in [0, 0.05) is 25.4 Å². The molecule has 2 saturated heterocycles. The highest BCUT2D eigenvalue weighted by molar-refractivity contribution is 5.83. The Kier molecular flexibility index (Phi) is 17.6. The maximum atomic E-state index is 12.9. The average molecular weight is 563 g/mol. The number of carbonyl (C=O) groups excluding carboxylic acids is 2. The highest BCUT2D eigenvalue weighted by Crippen LogP contribution is 2.32. The van der Waals surface area contributed by atoms with Gasteiger partial charge in [-0.2, -0.15) is 0 Å². The summed E-state index contributed by atoms with van der Waals surface area (Å²) in [6.07, 6.45) is 18.2. The van der Waals surface area contributed by atoms with E-state index in [-0.39, 0.29) is 42.4 Å². The van der Waals surface area contributed by atoms with Gasteiger partial charge in [0.2, 0.25) is 0 Å². The Labute approximate surface area is 246 Å². The van der Waals surface area contributed by atoms with Crippen molar-refractivity contribution in [3.05, 3.63) is 12.2 Å². The summed E-state index contributed by atoms with van der Waals surface area (Å²) in [6.45, 7) is 13.5.